The predicted molar refractivity (Wildman–Crippen MR) is 124 cm³/mol. The number of guanidine groups is 1. The van der Waals surface area contributed by atoms with Crippen molar-refractivity contribution >= 4 is 29.9 Å². The van der Waals surface area contributed by atoms with Crippen LogP contribution in [0, 0.1) is 0 Å². The fourth-order valence-corrected chi connectivity index (χ4v) is 3.44. The third-order valence-corrected chi connectivity index (χ3v) is 5.00. The Labute approximate surface area is 185 Å². The van der Waals surface area contributed by atoms with E-state index < -0.39 is 0 Å². The van der Waals surface area contributed by atoms with E-state index in [4.69, 9.17) is 0 Å². The Morgan fingerprint density at radius 2 is 1.79 bits per heavy atom. The van der Waals surface area contributed by atoms with Gasteiger partial charge in [-0.1, -0.05) is 37.1 Å². The molecule has 0 atom stereocenters. The highest BCUT2D eigenvalue weighted by Crippen LogP contribution is 2.14. The first kappa shape index (κ1) is 22.6. The van der Waals surface area contributed by atoms with Crippen LogP contribution in [-0.4, -0.2) is 45.8 Å². The van der Waals surface area contributed by atoms with Crippen molar-refractivity contribution in [2.24, 2.45) is 12.0 Å². The summed E-state index contributed by atoms with van der Waals surface area (Å²) in [7, 11) is 3.66. The van der Waals surface area contributed by atoms with Gasteiger partial charge in [-0.15, -0.1) is 24.0 Å². The number of benzene rings is 1. The monoisotopic (exact) mass is 497 g/mol. The number of aromatic nitrogens is 3. The molecule has 1 fully saturated rings. The molecule has 0 saturated carbocycles. The molecule has 2 N–H and O–H groups in total. The van der Waals surface area contributed by atoms with Crippen LogP contribution in [0.4, 0.5) is 0 Å². The lowest BCUT2D eigenvalue weighted by Crippen LogP contribution is -2.37. The van der Waals surface area contributed by atoms with Crippen LogP contribution in [0.25, 0.3) is 0 Å². The van der Waals surface area contributed by atoms with Gasteiger partial charge in [-0.05, 0) is 37.1 Å². The van der Waals surface area contributed by atoms with Crippen LogP contribution in [-0.2, 0) is 26.7 Å². The topological polar surface area (TPSA) is 70.4 Å². The Morgan fingerprint density at radius 3 is 2.46 bits per heavy atom. The first-order chi connectivity index (χ1) is 13.2. The van der Waals surface area contributed by atoms with Crippen molar-refractivity contribution in [3.63, 3.8) is 0 Å². The average Bonchev–Trinajstić information content (AvgIpc) is 2.92. The van der Waals surface area contributed by atoms with Gasteiger partial charge >= 0.3 is 0 Å². The van der Waals surface area contributed by atoms with Crippen molar-refractivity contribution in [1.29, 1.82) is 0 Å². The van der Waals surface area contributed by atoms with Gasteiger partial charge in [0.15, 0.2) is 5.96 Å². The highest BCUT2D eigenvalue weighted by molar-refractivity contribution is 14.0. The summed E-state index contributed by atoms with van der Waals surface area (Å²) < 4.78 is 1.76. The van der Waals surface area contributed by atoms with Gasteiger partial charge in [-0.3, -0.25) is 14.6 Å². The van der Waals surface area contributed by atoms with Crippen LogP contribution in [0.5, 0.6) is 0 Å². The van der Waals surface area contributed by atoms with Crippen molar-refractivity contribution < 1.29 is 0 Å². The third-order valence-electron chi connectivity index (χ3n) is 5.00. The molecule has 28 heavy (non-hydrogen) atoms. The van der Waals surface area contributed by atoms with Crippen molar-refractivity contribution in [3.05, 3.63) is 47.5 Å². The Hall–Kier alpha value is -1.68. The van der Waals surface area contributed by atoms with Crippen LogP contribution in [0.15, 0.2) is 35.6 Å². The number of nitrogens with one attached hydrogen (secondary N) is 2. The quantitative estimate of drug-likeness (QED) is 0.365. The van der Waals surface area contributed by atoms with Gasteiger partial charge in [-0.2, -0.15) is 5.10 Å². The molecule has 1 aromatic carbocycles. The molecule has 0 amide bonds. The highest BCUT2D eigenvalue weighted by atomic mass is 127. The van der Waals surface area contributed by atoms with Crippen molar-refractivity contribution in [2.75, 3.05) is 20.1 Å². The molecule has 7 nitrogen and oxygen atoms in total. The van der Waals surface area contributed by atoms with Crippen LogP contribution in [0.2, 0.25) is 0 Å². The second-order valence-electron chi connectivity index (χ2n) is 7.09. The van der Waals surface area contributed by atoms with Gasteiger partial charge in [0.05, 0.1) is 6.54 Å². The van der Waals surface area contributed by atoms with E-state index in [-0.39, 0.29) is 24.0 Å². The number of likely N-dealkylation sites (tertiary alicyclic amines) is 1. The summed E-state index contributed by atoms with van der Waals surface area (Å²) >= 11 is 0. The van der Waals surface area contributed by atoms with Crippen molar-refractivity contribution in [1.82, 2.24) is 30.3 Å². The number of rotatable bonds is 6. The third kappa shape index (κ3) is 7.05. The Kier molecular flexibility index (Phi) is 9.69. The standard InChI is InChI=1S/C20H31N7.HI/c1-21-20(23-14-19-24-16-25-26(19)2)22-13-17-8-7-9-18(12-17)15-27-10-5-3-4-6-11-27;/h7-9,12,16H,3-6,10-11,13-15H2,1-2H3,(H2,21,22,23);1H. The molecule has 8 heteroatoms. The van der Waals surface area contributed by atoms with Crippen LogP contribution < -0.4 is 10.6 Å². The summed E-state index contributed by atoms with van der Waals surface area (Å²) in [5.41, 5.74) is 2.65. The van der Waals surface area contributed by atoms with Crippen LogP contribution in [0.1, 0.15) is 42.6 Å². The van der Waals surface area contributed by atoms with E-state index in [1.807, 2.05) is 7.05 Å². The fraction of sp³-hybridized carbons (Fsp3) is 0.550. The fourth-order valence-electron chi connectivity index (χ4n) is 3.44. The molecule has 1 aliphatic heterocycles. The summed E-state index contributed by atoms with van der Waals surface area (Å²) in [6, 6.07) is 8.85. The number of hydrogen-bond donors (Lipinski definition) is 2. The average molecular weight is 497 g/mol. The van der Waals surface area contributed by atoms with Crippen molar-refractivity contribution in [2.45, 2.75) is 45.3 Å². The second kappa shape index (κ2) is 12.0. The van der Waals surface area contributed by atoms with Gasteiger partial charge in [0.1, 0.15) is 12.2 Å². The molecule has 0 spiro atoms. The molecule has 0 unspecified atom stereocenters. The molecule has 2 heterocycles. The molecule has 3 rings (SSSR count). The van der Waals surface area contributed by atoms with E-state index >= 15 is 0 Å². The summed E-state index contributed by atoms with van der Waals surface area (Å²) in [5, 5.41) is 10.7. The van der Waals surface area contributed by atoms with E-state index in [0.717, 1.165) is 24.9 Å². The lowest BCUT2D eigenvalue weighted by molar-refractivity contribution is 0.277. The number of halogens is 1. The Bertz CT molecular complexity index is 736. The van der Waals surface area contributed by atoms with E-state index in [1.54, 1.807) is 18.1 Å². The van der Waals surface area contributed by atoms with Crippen molar-refractivity contribution in [3.8, 4) is 0 Å². The van der Waals surface area contributed by atoms with E-state index in [2.05, 4.69) is 54.9 Å². The number of aliphatic imine (C=N–C) groups is 1. The lowest BCUT2D eigenvalue weighted by Gasteiger charge is -2.20. The molecule has 0 aliphatic carbocycles. The van der Waals surface area contributed by atoms with Gasteiger partial charge in [-0.25, -0.2) is 4.98 Å². The Morgan fingerprint density at radius 1 is 1.07 bits per heavy atom. The first-order valence-electron chi connectivity index (χ1n) is 9.82. The smallest absolute Gasteiger partial charge is 0.191 e. The summed E-state index contributed by atoms with van der Waals surface area (Å²) in [6.45, 7) is 4.83. The molecule has 154 valence electrons. The zero-order valence-corrected chi connectivity index (χ0v) is 19.2. The van der Waals surface area contributed by atoms with E-state index in [9.17, 15) is 0 Å². The molecule has 1 saturated heterocycles. The zero-order chi connectivity index (χ0) is 18.9. The minimum atomic E-state index is 0. The van der Waals surface area contributed by atoms with Gasteiger partial charge in [0.2, 0.25) is 0 Å². The predicted octanol–water partition coefficient (Wildman–Crippen LogP) is 2.67. The second-order valence-corrected chi connectivity index (χ2v) is 7.09. The van der Waals surface area contributed by atoms with Gasteiger partial charge < -0.3 is 10.6 Å². The highest BCUT2D eigenvalue weighted by Gasteiger charge is 2.10. The minimum Gasteiger partial charge on any atom is -0.352 e. The number of aryl methyl sites for hydroxylation is 1. The zero-order valence-electron chi connectivity index (χ0n) is 16.9. The number of nitrogens with zero attached hydrogens (tertiary/aromatic N) is 5. The van der Waals surface area contributed by atoms with Gasteiger partial charge in [0.25, 0.3) is 0 Å². The molecular formula is C20H32IN7. The summed E-state index contributed by atoms with van der Waals surface area (Å²) in [5.74, 6) is 1.63. The number of hydrogen-bond acceptors (Lipinski definition) is 4. The summed E-state index contributed by atoms with van der Waals surface area (Å²) in [6.07, 6.45) is 6.97. The normalized spacial score (nSPS) is 15.6. The van der Waals surface area contributed by atoms with E-state index in [1.165, 1.54) is 49.9 Å². The van der Waals surface area contributed by atoms with Gasteiger partial charge in [0, 0.05) is 27.2 Å². The molecule has 2 aromatic rings. The lowest BCUT2D eigenvalue weighted by atomic mass is 10.1. The van der Waals surface area contributed by atoms with Crippen LogP contribution >= 0.6 is 24.0 Å². The molecule has 0 bridgehead atoms. The van der Waals surface area contributed by atoms with E-state index in [0.29, 0.717) is 6.54 Å². The summed E-state index contributed by atoms with van der Waals surface area (Å²) in [4.78, 5) is 11.1. The minimum absolute atomic E-state index is 0. The van der Waals surface area contributed by atoms with Crippen LogP contribution in [0.3, 0.4) is 0 Å². The molecular weight excluding hydrogens is 465 g/mol. The maximum absolute atomic E-state index is 4.29. The maximum atomic E-state index is 4.29. The SMILES string of the molecule is CN=C(NCc1cccc(CN2CCCCCC2)c1)NCc1ncnn1C.I. The first-order valence-corrected chi connectivity index (χ1v) is 9.82. The molecule has 0 radical (unpaired) electrons. The molecule has 1 aromatic heterocycles. The molecule has 1 aliphatic rings. The maximum Gasteiger partial charge on any atom is 0.191 e. The largest absolute Gasteiger partial charge is 0.352 e. The Balaban J connectivity index is 0.00000280.